The number of para-hydroxylation sites is 1. The number of nitrogens with one attached hydrogen (secondary N) is 1. The Morgan fingerprint density at radius 2 is 1.79 bits per heavy atom. The molecule has 24 heavy (non-hydrogen) atoms. The van der Waals surface area contributed by atoms with E-state index in [4.69, 9.17) is 4.74 Å². The third-order valence-electron chi connectivity index (χ3n) is 3.81. The van der Waals surface area contributed by atoms with E-state index in [0.717, 1.165) is 12.0 Å². The number of halogens is 1. The molecule has 0 heterocycles. The molecule has 0 saturated carbocycles. The molecule has 0 radical (unpaired) electrons. The summed E-state index contributed by atoms with van der Waals surface area (Å²) in [5.41, 5.74) is 1.53. The molecule has 1 atom stereocenters. The molecule has 0 aromatic heterocycles. The molecule has 126 valence electrons. The van der Waals surface area contributed by atoms with Crippen LogP contribution < -0.4 is 5.32 Å². The van der Waals surface area contributed by atoms with Gasteiger partial charge in [-0.15, -0.1) is 0 Å². The van der Waals surface area contributed by atoms with Crippen molar-refractivity contribution >= 4 is 17.6 Å². The van der Waals surface area contributed by atoms with E-state index < -0.39 is 24.3 Å². The molecule has 5 heteroatoms. The van der Waals surface area contributed by atoms with Gasteiger partial charge >= 0.3 is 5.97 Å². The van der Waals surface area contributed by atoms with Crippen LogP contribution in [0, 0.1) is 5.82 Å². The van der Waals surface area contributed by atoms with Crippen LogP contribution in [0.5, 0.6) is 0 Å². The highest BCUT2D eigenvalue weighted by Crippen LogP contribution is 2.26. The van der Waals surface area contributed by atoms with Crippen molar-refractivity contribution in [1.82, 2.24) is 0 Å². The zero-order valence-corrected chi connectivity index (χ0v) is 13.7. The third-order valence-corrected chi connectivity index (χ3v) is 3.81. The molecule has 0 fully saturated rings. The van der Waals surface area contributed by atoms with Gasteiger partial charge < -0.3 is 10.1 Å². The topological polar surface area (TPSA) is 55.4 Å². The van der Waals surface area contributed by atoms with Gasteiger partial charge in [0.15, 0.2) is 6.61 Å². The molecule has 0 aliphatic heterocycles. The maximum atomic E-state index is 13.5. The van der Waals surface area contributed by atoms with Gasteiger partial charge in [-0.25, -0.2) is 9.18 Å². The second-order valence-corrected chi connectivity index (χ2v) is 5.50. The van der Waals surface area contributed by atoms with Crippen LogP contribution in [-0.2, 0) is 9.53 Å². The Morgan fingerprint density at radius 3 is 2.50 bits per heavy atom. The van der Waals surface area contributed by atoms with Crippen LogP contribution in [-0.4, -0.2) is 18.5 Å². The fraction of sp³-hybridized carbons (Fsp3) is 0.263. The minimum absolute atomic E-state index is 0.190. The summed E-state index contributed by atoms with van der Waals surface area (Å²) in [5, 5.41) is 2.74. The minimum Gasteiger partial charge on any atom is -0.452 e. The number of esters is 1. The predicted octanol–water partition coefficient (Wildman–Crippen LogP) is 4.13. The van der Waals surface area contributed by atoms with Crippen molar-refractivity contribution in [2.24, 2.45) is 0 Å². The maximum Gasteiger partial charge on any atom is 0.341 e. The molecule has 0 aliphatic carbocycles. The van der Waals surface area contributed by atoms with Gasteiger partial charge in [-0.2, -0.15) is 0 Å². The first-order valence-electron chi connectivity index (χ1n) is 7.83. The van der Waals surface area contributed by atoms with Crippen LogP contribution in [0.2, 0.25) is 0 Å². The molecule has 0 bridgehead atoms. The Balaban J connectivity index is 1.97. The quantitative estimate of drug-likeness (QED) is 0.811. The molecule has 0 saturated heterocycles. The number of rotatable bonds is 6. The van der Waals surface area contributed by atoms with Crippen molar-refractivity contribution in [2.75, 3.05) is 11.9 Å². The lowest BCUT2D eigenvalue weighted by Crippen LogP contribution is -2.22. The van der Waals surface area contributed by atoms with Crippen LogP contribution >= 0.6 is 0 Å². The van der Waals surface area contributed by atoms with Gasteiger partial charge in [-0.1, -0.05) is 44.2 Å². The normalized spacial score (nSPS) is 11.6. The zero-order valence-electron chi connectivity index (χ0n) is 13.7. The fourth-order valence-corrected chi connectivity index (χ4v) is 2.28. The van der Waals surface area contributed by atoms with E-state index >= 15 is 0 Å². The van der Waals surface area contributed by atoms with E-state index in [-0.39, 0.29) is 5.56 Å². The molecule has 2 rings (SSSR count). The first-order chi connectivity index (χ1) is 11.5. The number of carbonyl (C=O) groups excluding carboxylic acids is 2. The number of carbonyl (C=O) groups is 2. The largest absolute Gasteiger partial charge is 0.452 e. The number of benzene rings is 2. The van der Waals surface area contributed by atoms with E-state index in [2.05, 4.69) is 19.2 Å². The van der Waals surface area contributed by atoms with Gasteiger partial charge in [0.2, 0.25) is 0 Å². The van der Waals surface area contributed by atoms with E-state index in [0.29, 0.717) is 11.6 Å². The Hall–Kier alpha value is -2.69. The molecular weight excluding hydrogens is 309 g/mol. The number of ether oxygens (including phenoxy) is 1. The summed E-state index contributed by atoms with van der Waals surface area (Å²) in [7, 11) is 0. The number of amides is 1. The van der Waals surface area contributed by atoms with Crippen molar-refractivity contribution in [3.8, 4) is 0 Å². The summed E-state index contributed by atoms with van der Waals surface area (Å²) in [6.07, 6.45) is 0.940. The average Bonchev–Trinajstić information content (AvgIpc) is 2.60. The fourth-order valence-electron chi connectivity index (χ4n) is 2.28. The number of hydrogen-bond donors (Lipinski definition) is 1. The van der Waals surface area contributed by atoms with E-state index in [1.165, 1.54) is 24.3 Å². The highest BCUT2D eigenvalue weighted by Gasteiger charge is 2.15. The Bertz CT molecular complexity index is 730. The number of hydrogen-bond acceptors (Lipinski definition) is 3. The van der Waals surface area contributed by atoms with Crippen LogP contribution in [0.25, 0.3) is 0 Å². The monoisotopic (exact) mass is 329 g/mol. The molecule has 2 aromatic rings. The Morgan fingerprint density at radius 1 is 1.12 bits per heavy atom. The molecule has 4 nitrogen and oxygen atoms in total. The molecule has 0 aliphatic rings. The van der Waals surface area contributed by atoms with E-state index in [1.807, 2.05) is 18.2 Å². The summed E-state index contributed by atoms with van der Waals surface area (Å²) in [4.78, 5) is 23.8. The number of anilines is 1. The minimum atomic E-state index is -0.863. The summed E-state index contributed by atoms with van der Waals surface area (Å²) in [6, 6.07) is 13.0. The Kier molecular flexibility index (Phi) is 6.07. The molecule has 1 N–H and O–H groups in total. The third kappa shape index (κ3) is 4.41. The van der Waals surface area contributed by atoms with Gasteiger partial charge in [0.1, 0.15) is 5.82 Å². The lowest BCUT2D eigenvalue weighted by molar-refractivity contribution is -0.119. The van der Waals surface area contributed by atoms with Crippen LogP contribution in [0.15, 0.2) is 48.5 Å². The lowest BCUT2D eigenvalue weighted by Gasteiger charge is -2.15. The Labute approximate surface area is 140 Å². The van der Waals surface area contributed by atoms with E-state index in [9.17, 15) is 14.0 Å². The highest BCUT2D eigenvalue weighted by atomic mass is 19.1. The SMILES string of the molecule is CC[C@H](C)c1ccccc1NC(=O)COC(=O)c1ccccc1F. The van der Waals surface area contributed by atoms with Crippen molar-refractivity contribution in [3.05, 3.63) is 65.5 Å². The van der Waals surface area contributed by atoms with Crippen molar-refractivity contribution in [1.29, 1.82) is 0 Å². The van der Waals surface area contributed by atoms with Crippen molar-refractivity contribution in [2.45, 2.75) is 26.2 Å². The van der Waals surface area contributed by atoms with E-state index in [1.54, 1.807) is 6.07 Å². The summed E-state index contributed by atoms with van der Waals surface area (Å²) >= 11 is 0. The molecule has 1 amide bonds. The summed E-state index contributed by atoms with van der Waals surface area (Å²) in [5.74, 6) is -1.71. The van der Waals surface area contributed by atoms with Crippen molar-refractivity contribution in [3.63, 3.8) is 0 Å². The van der Waals surface area contributed by atoms with Gasteiger partial charge in [0.25, 0.3) is 5.91 Å². The van der Waals surface area contributed by atoms with Gasteiger partial charge in [-0.05, 0) is 36.1 Å². The second kappa shape index (κ2) is 8.24. The average molecular weight is 329 g/mol. The van der Waals surface area contributed by atoms with Gasteiger partial charge in [0, 0.05) is 5.69 Å². The summed E-state index contributed by atoms with van der Waals surface area (Å²) < 4.78 is 18.4. The van der Waals surface area contributed by atoms with Crippen molar-refractivity contribution < 1.29 is 18.7 Å². The standard InChI is InChI=1S/C19H20FNO3/c1-3-13(2)14-8-5-7-11-17(14)21-18(22)12-24-19(23)15-9-4-6-10-16(15)20/h4-11,13H,3,12H2,1-2H3,(H,21,22)/t13-/m0/s1. The first-order valence-corrected chi connectivity index (χ1v) is 7.83. The second-order valence-electron chi connectivity index (χ2n) is 5.50. The predicted molar refractivity (Wildman–Crippen MR) is 90.5 cm³/mol. The van der Waals surface area contributed by atoms with Gasteiger partial charge in [-0.3, -0.25) is 4.79 Å². The molecule has 0 unspecified atom stereocenters. The molecule has 0 spiro atoms. The lowest BCUT2D eigenvalue weighted by atomic mass is 9.97. The van der Waals surface area contributed by atoms with Crippen LogP contribution in [0.3, 0.4) is 0 Å². The van der Waals surface area contributed by atoms with Gasteiger partial charge in [0.05, 0.1) is 5.56 Å². The highest BCUT2D eigenvalue weighted by molar-refractivity contribution is 5.96. The van der Waals surface area contributed by atoms with Crippen LogP contribution in [0.4, 0.5) is 10.1 Å². The first kappa shape index (κ1) is 17.7. The maximum absolute atomic E-state index is 13.5. The molecular formula is C19H20FNO3. The zero-order chi connectivity index (χ0) is 17.5. The smallest absolute Gasteiger partial charge is 0.341 e. The molecule has 2 aromatic carbocycles. The van der Waals surface area contributed by atoms with Crippen LogP contribution in [0.1, 0.15) is 42.1 Å². The summed E-state index contributed by atoms with van der Waals surface area (Å²) in [6.45, 7) is 3.67.